The maximum atomic E-state index is 12.8. The normalized spacial score (nSPS) is 17.5. The SMILES string of the molecule is COc1ccc(CN(C)[C@H](C)C(=O)N[C@@H]2CCCc3ccccc32)cc1. The van der Waals surface area contributed by atoms with Gasteiger partial charge in [-0.1, -0.05) is 36.4 Å². The number of hydrogen-bond acceptors (Lipinski definition) is 3. The molecule has 1 amide bonds. The lowest BCUT2D eigenvalue weighted by Gasteiger charge is -2.30. The van der Waals surface area contributed by atoms with Gasteiger partial charge in [-0.15, -0.1) is 0 Å². The fourth-order valence-electron chi connectivity index (χ4n) is 3.55. The van der Waals surface area contributed by atoms with Gasteiger partial charge in [0.1, 0.15) is 5.75 Å². The number of aryl methyl sites for hydroxylation is 1. The first-order chi connectivity index (χ1) is 12.6. The van der Waals surface area contributed by atoms with E-state index in [2.05, 4.69) is 34.5 Å². The summed E-state index contributed by atoms with van der Waals surface area (Å²) in [4.78, 5) is 14.9. The quantitative estimate of drug-likeness (QED) is 0.862. The van der Waals surface area contributed by atoms with Crippen molar-refractivity contribution in [1.82, 2.24) is 10.2 Å². The molecule has 0 saturated heterocycles. The highest BCUT2D eigenvalue weighted by atomic mass is 16.5. The Hall–Kier alpha value is -2.33. The molecule has 4 nitrogen and oxygen atoms in total. The molecule has 0 heterocycles. The van der Waals surface area contributed by atoms with E-state index in [9.17, 15) is 4.79 Å². The molecule has 1 N–H and O–H groups in total. The average molecular weight is 352 g/mol. The van der Waals surface area contributed by atoms with Gasteiger partial charge < -0.3 is 10.1 Å². The van der Waals surface area contributed by atoms with Crippen LogP contribution in [0.15, 0.2) is 48.5 Å². The van der Waals surface area contributed by atoms with E-state index < -0.39 is 0 Å². The van der Waals surface area contributed by atoms with E-state index in [1.165, 1.54) is 11.1 Å². The summed E-state index contributed by atoms with van der Waals surface area (Å²) in [6.07, 6.45) is 3.24. The molecule has 1 aliphatic rings. The lowest BCUT2D eigenvalue weighted by atomic mass is 9.87. The summed E-state index contributed by atoms with van der Waals surface area (Å²) in [7, 11) is 3.65. The van der Waals surface area contributed by atoms with Gasteiger partial charge >= 0.3 is 0 Å². The Labute approximate surface area is 156 Å². The van der Waals surface area contributed by atoms with Gasteiger partial charge in [0, 0.05) is 6.54 Å². The number of carbonyl (C=O) groups is 1. The summed E-state index contributed by atoms with van der Waals surface area (Å²) in [5, 5.41) is 3.26. The van der Waals surface area contributed by atoms with Crippen molar-refractivity contribution in [1.29, 1.82) is 0 Å². The fraction of sp³-hybridized carbons (Fsp3) is 0.409. The summed E-state index contributed by atoms with van der Waals surface area (Å²) >= 11 is 0. The largest absolute Gasteiger partial charge is 0.497 e. The Balaban J connectivity index is 1.60. The van der Waals surface area contributed by atoms with E-state index >= 15 is 0 Å². The topological polar surface area (TPSA) is 41.6 Å². The molecule has 0 spiro atoms. The lowest BCUT2D eigenvalue weighted by Crippen LogP contribution is -2.44. The number of nitrogens with zero attached hydrogens (tertiary/aromatic N) is 1. The lowest BCUT2D eigenvalue weighted by molar-refractivity contribution is -0.126. The van der Waals surface area contributed by atoms with E-state index in [0.717, 1.165) is 37.1 Å². The van der Waals surface area contributed by atoms with Crippen LogP contribution in [0.1, 0.15) is 42.5 Å². The maximum Gasteiger partial charge on any atom is 0.237 e. The molecule has 2 atom stereocenters. The Bertz CT molecular complexity index is 742. The van der Waals surface area contributed by atoms with Gasteiger partial charge in [0.05, 0.1) is 19.2 Å². The van der Waals surface area contributed by atoms with Gasteiger partial charge in [0.15, 0.2) is 0 Å². The van der Waals surface area contributed by atoms with Crippen LogP contribution in [0.4, 0.5) is 0 Å². The van der Waals surface area contributed by atoms with Crippen LogP contribution in [0.2, 0.25) is 0 Å². The first kappa shape index (κ1) is 18.5. The predicted octanol–water partition coefficient (Wildman–Crippen LogP) is 3.71. The number of hydrogen-bond donors (Lipinski definition) is 1. The molecule has 1 aliphatic carbocycles. The summed E-state index contributed by atoms with van der Waals surface area (Å²) in [6.45, 7) is 2.69. The number of nitrogens with one attached hydrogen (secondary N) is 1. The molecule has 0 aromatic heterocycles. The van der Waals surface area contributed by atoms with Crippen molar-refractivity contribution in [2.45, 2.75) is 44.8 Å². The minimum Gasteiger partial charge on any atom is -0.497 e. The van der Waals surface area contributed by atoms with Crippen molar-refractivity contribution in [2.24, 2.45) is 0 Å². The second-order valence-corrected chi connectivity index (χ2v) is 7.09. The zero-order valence-corrected chi connectivity index (χ0v) is 15.9. The van der Waals surface area contributed by atoms with Crippen LogP contribution in [-0.4, -0.2) is 31.0 Å². The van der Waals surface area contributed by atoms with Crippen LogP contribution in [0, 0.1) is 0 Å². The number of amides is 1. The second-order valence-electron chi connectivity index (χ2n) is 7.09. The predicted molar refractivity (Wildman–Crippen MR) is 104 cm³/mol. The fourth-order valence-corrected chi connectivity index (χ4v) is 3.55. The third-order valence-electron chi connectivity index (χ3n) is 5.32. The van der Waals surface area contributed by atoms with Crippen LogP contribution < -0.4 is 10.1 Å². The number of carbonyl (C=O) groups excluding carboxylic acids is 1. The summed E-state index contributed by atoms with van der Waals surface area (Å²) in [6, 6.07) is 16.4. The van der Waals surface area contributed by atoms with Crippen LogP contribution in [0.3, 0.4) is 0 Å². The zero-order chi connectivity index (χ0) is 18.5. The molecule has 26 heavy (non-hydrogen) atoms. The van der Waals surface area contributed by atoms with Crippen LogP contribution in [-0.2, 0) is 17.8 Å². The average Bonchev–Trinajstić information content (AvgIpc) is 2.68. The number of methoxy groups -OCH3 is 1. The van der Waals surface area contributed by atoms with Gasteiger partial charge in [-0.3, -0.25) is 9.69 Å². The summed E-state index contributed by atoms with van der Waals surface area (Å²) in [5.74, 6) is 0.931. The van der Waals surface area contributed by atoms with Crippen LogP contribution in [0.5, 0.6) is 5.75 Å². The zero-order valence-electron chi connectivity index (χ0n) is 15.9. The molecular formula is C22H28N2O2. The molecular weight excluding hydrogens is 324 g/mol. The van der Waals surface area contributed by atoms with Crippen LogP contribution >= 0.6 is 0 Å². The van der Waals surface area contributed by atoms with Gasteiger partial charge in [-0.25, -0.2) is 0 Å². The Morgan fingerprint density at radius 2 is 1.96 bits per heavy atom. The highest BCUT2D eigenvalue weighted by Gasteiger charge is 2.25. The number of benzene rings is 2. The summed E-state index contributed by atoms with van der Waals surface area (Å²) < 4.78 is 5.20. The summed E-state index contributed by atoms with van der Waals surface area (Å²) in [5.41, 5.74) is 3.80. The number of fused-ring (bicyclic) bond motifs is 1. The molecule has 0 bridgehead atoms. The first-order valence-electron chi connectivity index (χ1n) is 9.30. The van der Waals surface area contributed by atoms with Gasteiger partial charge in [-0.2, -0.15) is 0 Å². The number of rotatable bonds is 6. The van der Waals surface area contributed by atoms with Gasteiger partial charge in [-0.05, 0) is 62.1 Å². The van der Waals surface area contributed by atoms with E-state index in [4.69, 9.17) is 4.74 Å². The Morgan fingerprint density at radius 1 is 1.23 bits per heavy atom. The third-order valence-corrected chi connectivity index (χ3v) is 5.32. The minimum atomic E-state index is -0.189. The molecule has 0 fully saturated rings. The van der Waals surface area contributed by atoms with Crippen molar-refractivity contribution in [3.63, 3.8) is 0 Å². The van der Waals surface area contributed by atoms with Crippen molar-refractivity contribution < 1.29 is 9.53 Å². The molecule has 4 heteroatoms. The van der Waals surface area contributed by atoms with Crippen molar-refractivity contribution in [3.8, 4) is 5.75 Å². The maximum absolute atomic E-state index is 12.8. The highest BCUT2D eigenvalue weighted by Crippen LogP contribution is 2.29. The molecule has 138 valence electrons. The van der Waals surface area contributed by atoms with Crippen LogP contribution in [0.25, 0.3) is 0 Å². The van der Waals surface area contributed by atoms with Crippen molar-refractivity contribution >= 4 is 5.91 Å². The van der Waals surface area contributed by atoms with E-state index in [1.807, 2.05) is 38.2 Å². The van der Waals surface area contributed by atoms with Crippen molar-refractivity contribution in [2.75, 3.05) is 14.2 Å². The van der Waals surface area contributed by atoms with Gasteiger partial charge in [0.2, 0.25) is 5.91 Å². The Kier molecular flexibility index (Phi) is 5.94. The molecule has 3 rings (SSSR count). The monoisotopic (exact) mass is 352 g/mol. The smallest absolute Gasteiger partial charge is 0.237 e. The standard InChI is InChI=1S/C22H28N2O2/c1-16(24(2)15-17-11-13-19(26-3)14-12-17)22(25)23-21-10-6-8-18-7-4-5-9-20(18)21/h4-5,7,9,11-14,16,21H,6,8,10,15H2,1-3H3,(H,23,25)/t16-,21-/m1/s1. The molecule has 0 radical (unpaired) electrons. The highest BCUT2D eigenvalue weighted by molar-refractivity contribution is 5.81. The number of likely N-dealkylation sites (N-methyl/N-ethyl adjacent to an activating group) is 1. The molecule has 2 aromatic rings. The molecule has 0 unspecified atom stereocenters. The first-order valence-corrected chi connectivity index (χ1v) is 9.30. The number of ether oxygens (including phenoxy) is 1. The second kappa shape index (κ2) is 8.37. The molecule has 0 saturated carbocycles. The molecule has 0 aliphatic heterocycles. The molecule has 2 aromatic carbocycles. The van der Waals surface area contributed by atoms with Gasteiger partial charge in [0.25, 0.3) is 0 Å². The van der Waals surface area contributed by atoms with E-state index in [1.54, 1.807) is 7.11 Å². The third kappa shape index (κ3) is 4.25. The van der Waals surface area contributed by atoms with E-state index in [0.29, 0.717) is 0 Å². The Morgan fingerprint density at radius 3 is 2.69 bits per heavy atom. The van der Waals surface area contributed by atoms with E-state index in [-0.39, 0.29) is 18.0 Å². The minimum absolute atomic E-state index is 0.0858. The van der Waals surface area contributed by atoms with Crippen molar-refractivity contribution in [3.05, 3.63) is 65.2 Å².